The third-order valence-electron chi connectivity index (χ3n) is 3.32. The van der Waals surface area contributed by atoms with Gasteiger partial charge in [0.15, 0.2) is 0 Å². The van der Waals surface area contributed by atoms with Crippen molar-refractivity contribution in [1.82, 2.24) is 9.97 Å². The molecule has 112 valence electrons. The van der Waals surface area contributed by atoms with Crippen molar-refractivity contribution in [2.24, 2.45) is 0 Å². The highest BCUT2D eigenvalue weighted by Gasteiger charge is 2.18. The summed E-state index contributed by atoms with van der Waals surface area (Å²) in [6, 6.07) is 13.2. The van der Waals surface area contributed by atoms with E-state index in [0.717, 1.165) is 0 Å². The summed E-state index contributed by atoms with van der Waals surface area (Å²) in [5.41, 5.74) is 7.39. The second kappa shape index (κ2) is 6.03. The molecule has 0 fully saturated rings. The zero-order valence-electron chi connectivity index (χ0n) is 11.8. The molecule has 0 bridgehead atoms. The number of nitrogens with two attached hydrogens (primary N) is 1. The summed E-state index contributed by atoms with van der Waals surface area (Å²) >= 11 is 6.12. The van der Waals surface area contributed by atoms with Crippen LogP contribution >= 0.6 is 11.6 Å². The molecule has 2 heterocycles. The second-order valence-corrected chi connectivity index (χ2v) is 5.15. The van der Waals surface area contributed by atoms with Gasteiger partial charge in [-0.25, -0.2) is 9.37 Å². The molecule has 0 spiro atoms. The SMILES string of the molecule is N#Cc1c(-c2c(F)cccc2Cl)cc(-c2ccccn2)nc1N. The van der Waals surface area contributed by atoms with Crippen LogP contribution in [0, 0.1) is 17.1 Å². The minimum Gasteiger partial charge on any atom is -0.383 e. The van der Waals surface area contributed by atoms with E-state index in [-0.39, 0.29) is 22.0 Å². The van der Waals surface area contributed by atoms with Crippen LogP contribution in [0.4, 0.5) is 10.2 Å². The molecule has 23 heavy (non-hydrogen) atoms. The Balaban J connectivity index is 2.32. The summed E-state index contributed by atoms with van der Waals surface area (Å²) in [6.07, 6.45) is 1.61. The lowest BCUT2D eigenvalue weighted by atomic mass is 9.99. The highest BCUT2D eigenvalue weighted by atomic mass is 35.5. The zero-order valence-corrected chi connectivity index (χ0v) is 12.5. The van der Waals surface area contributed by atoms with Gasteiger partial charge in [0, 0.05) is 17.3 Å². The van der Waals surface area contributed by atoms with Gasteiger partial charge >= 0.3 is 0 Å². The number of pyridine rings is 2. The number of hydrogen-bond donors (Lipinski definition) is 1. The number of nitrogens with zero attached hydrogens (tertiary/aromatic N) is 3. The molecule has 3 aromatic rings. The fourth-order valence-corrected chi connectivity index (χ4v) is 2.54. The lowest BCUT2D eigenvalue weighted by Gasteiger charge is -2.11. The van der Waals surface area contributed by atoms with Gasteiger partial charge in [0.1, 0.15) is 23.3 Å². The Morgan fingerprint density at radius 3 is 2.61 bits per heavy atom. The minimum atomic E-state index is -0.536. The van der Waals surface area contributed by atoms with E-state index in [2.05, 4.69) is 9.97 Å². The molecule has 2 N–H and O–H groups in total. The second-order valence-electron chi connectivity index (χ2n) is 4.74. The molecule has 0 amide bonds. The van der Waals surface area contributed by atoms with Crippen LogP contribution in [-0.4, -0.2) is 9.97 Å². The van der Waals surface area contributed by atoms with Crippen molar-refractivity contribution < 1.29 is 4.39 Å². The molecular formula is C17H10ClFN4. The highest BCUT2D eigenvalue weighted by molar-refractivity contribution is 6.33. The Labute approximate surface area is 137 Å². The van der Waals surface area contributed by atoms with Gasteiger partial charge in [-0.2, -0.15) is 5.26 Å². The van der Waals surface area contributed by atoms with Gasteiger partial charge in [-0.05, 0) is 30.3 Å². The predicted octanol–water partition coefficient (Wildman–Crippen LogP) is 4.06. The molecule has 3 rings (SSSR count). The fourth-order valence-electron chi connectivity index (χ4n) is 2.28. The number of anilines is 1. The summed E-state index contributed by atoms with van der Waals surface area (Å²) in [5.74, 6) is -0.531. The first-order chi connectivity index (χ1) is 11.1. The maximum atomic E-state index is 14.2. The molecule has 0 radical (unpaired) electrons. The first kappa shape index (κ1) is 14.9. The summed E-state index contributed by atoms with van der Waals surface area (Å²) in [7, 11) is 0. The van der Waals surface area contributed by atoms with E-state index in [9.17, 15) is 9.65 Å². The molecule has 6 heteroatoms. The molecule has 0 saturated carbocycles. The number of benzene rings is 1. The first-order valence-corrected chi connectivity index (χ1v) is 7.06. The molecule has 1 aromatic carbocycles. The molecule has 2 aromatic heterocycles. The van der Waals surface area contributed by atoms with Gasteiger partial charge in [-0.1, -0.05) is 23.7 Å². The smallest absolute Gasteiger partial charge is 0.142 e. The third kappa shape index (κ3) is 2.72. The monoisotopic (exact) mass is 324 g/mol. The molecule has 0 unspecified atom stereocenters. The van der Waals surface area contributed by atoms with Crippen LogP contribution in [0.25, 0.3) is 22.5 Å². The molecule has 0 aliphatic carbocycles. The Morgan fingerprint density at radius 2 is 1.96 bits per heavy atom. The summed E-state index contributed by atoms with van der Waals surface area (Å²) < 4.78 is 14.2. The highest BCUT2D eigenvalue weighted by Crippen LogP contribution is 2.36. The quantitative estimate of drug-likeness (QED) is 0.771. The average Bonchev–Trinajstić information content (AvgIpc) is 2.55. The number of hydrogen-bond acceptors (Lipinski definition) is 4. The Kier molecular flexibility index (Phi) is 3.92. The Morgan fingerprint density at radius 1 is 1.13 bits per heavy atom. The van der Waals surface area contributed by atoms with Crippen LogP contribution in [-0.2, 0) is 0 Å². The molecule has 0 saturated heterocycles. The fraction of sp³-hybridized carbons (Fsp3) is 0. The van der Waals surface area contributed by atoms with E-state index in [0.29, 0.717) is 17.0 Å². The summed E-state index contributed by atoms with van der Waals surface area (Å²) in [4.78, 5) is 8.38. The largest absolute Gasteiger partial charge is 0.383 e. The van der Waals surface area contributed by atoms with Gasteiger partial charge in [0.25, 0.3) is 0 Å². The van der Waals surface area contributed by atoms with E-state index in [1.54, 1.807) is 36.5 Å². The molecule has 4 nitrogen and oxygen atoms in total. The number of aromatic nitrogens is 2. The number of rotatable bonds is 2. The van der Waals surface area contributed by atoms with Crippen molar-refractivity contribution in [2.45, 2.75) is 0 Å². The number of halogens is 2. The van der Waals surface area contributed by atoms with Crippen LogP contribution in [0.1, 0.15) is 5.56 Å². The molecule has 0 atom stereocenters. The van der Waals surface area contributed by atoms with E-state index in [1.165, 1.54) is 12.1 Å². The van der Waals surface area contributed by atoms with Crippen LogP contribution in [0.5, 0.6) is 0 Å². The van der Waals surface area contributed by atoms with Crippen LogP contribution in [0.15, 0.2) is 48.7 Å². The normalized spacial score (nSPS) is 10.3. The summed E-state index contributed by atoms with van der Waals surface area (Å²) in [6.45, 7) is 0. The summed E-state index contributed by atoms with van der Waals surface area (Å²) in [5, 5.41) is 9.55. The van der Waals surface area contributed by atoms with Crippen molar-refractivity contribution in [3.63, 3.8) is 0 Å². The van der Waals surface area contributed by atoms with Gasteiger partial charge in [-0.15, -0.1) is 0 Å². The van der Waals surface area contributed by atoms with Crippen LogP contribution in [0.2, 0.25) is 5.02 Å². The first-order valence-electron chi connectivity index (χ1n) is 6.68. The minimum absolute atomic E-state index is 0.00460. The average molecular weight is 325 g/mol. The lowest BCUT2D eigenvalue weighted by Crippen LogP contribution is -2.01. The Hall–Kier alpha value is -2.97. The third-order valence-corrected chi connectivity index (χ3v) is 3.63. The Bertz CT molecular complexity index is 900. The van der Waals surface area contributed by atoms with Gasteiger partial charge < -0.3 is 5.73 Å². The van der Waals surface area contributed by atoms with E-state index < -0.39 is 5.82 Å². The molecule has 0 aliphatic rings. The van der Waals surface area contributed by atoms with Crippen LogP contribution in [0.3, 0.4) is 0 Å². The maximum Gasteiger partial charge on any atom is 0.142 e. The van der Waals surface area contributed by atoms with E-state index in [4.69, 9.17) is 17.3 Å². The standard InChI is InChI=1S/C17H10ClFN4/c18-12-4-3-5-13(19)16(12)10-8-15(14-6-1-2-7-22-14)23-17(21)11(10)9-20/h1-8H,(H2,21,23). The number of nitrogen functional groups attached to an aromatic ring is 1. The predicted molar refractivity (Wildman–Crippen MR) is 87.0 cm³/mol. The van der Waals surface area contributed by atoms with Crippen LogP contribution < -0.4 is 5.73 Å². The lowest BCUT2D eigenvalue weighted by molar-refractivity contribution is 0.631. The van der Waals surface area contributed by atoms with Gasteiger partial charge in [0.05, 0.1) is 16.4 Å². The van der Waals surface area contributed by atoms with Crippen molar-refractivity contribution in [3.05, 3.63) is 65.1 Å². The topological polar surface area (TPSA) is 75.6 Å². The molecular weight excluding hydrogens is 315 g/mol. The molecule has 0 aliphatic heterocycles. The number of nitriles is 1. The van der Waals surface area contributed by atoms with Gasteiger partial charge in [-0.3, -0.25) is 4.98 Å². The maximum absolute atomic E-state index is 14.2. The van der Waals surface area contributed by atoms with Crippen molar-refractivity contribution in [2.75, 3.05) is 5.73 Å². The van der Waals surface area contributed by atoms with E-state index in [1.807, 2.05) is 6.07 Å². The van der Waals surface area contributed by atoms with Crippen molar-refractivity contribution >= 4 is 17.4 Å². The zero-order chi connectivity index (χ0) is 16.4. The van der Waals surface area contributed by atoms with Gasteiger partial charge in [0.2, 0.25) is 0 Å². The van der Waals surface area contributed by atoms with Crippen molar-refractivity contribution in [3.8, 4) is 28.6 Å². The van der Waals surface area contributed by atoms with Crippen molar-refractivity contribution in [1.29, 1.82) is 5.26 Å². The van der Waals surface area contributed by atoms with E-state index >= 15 is 0 Å².